The summed E-state index contributed by atoms with van der Waals surface area (Å²) in [5, 5.41) is 0. The highest BCUT2D eigenvalue weighted by atomic mass is 32.2. The second-order valence-electron chi connectivity index (χ2n) is 6.16. The average molecular weight is 360 g/mol. The molecular formula is C18H20N2O4S. The molecule has 0 radical (unpaired) electrons. The van der Waals surface area contributed by atoms with Crippen molar-refractivity contribution >= 4 is 21.6 Å². The number of hydrogen-bond donors (Lipinski definition) is 0. The van der Waals surface area contributed by atoms with Crippen LogP contribution in [-0.2, 0) is 14.8 Å². The van der Waals surface area contributed by atoms with Crippen molar-refractivity contribution in [2.24, 2.45) is 0 Å². The van der Waals surface area contributed by atoms with Crippen LogP contribution in [0, 0.1) is 6.92 Å². The number of hydrogen-bond acceptors (Lipinski definition) is 4. The van der Waals surface area contributed by atoms with Gasteiger partial charge in [0.05, 0.1) is 17.1 Å². The van der Waals surface area contributed by atoms with E-state index in [1.54, 1.807) is 62.6 Å². The van der Waals surface area contributed by atoms with Gasteiger partial charge >= 0.3 is 0 Å². The number of ether oxygens (including phenoxy) is 1. The van der Waals surface area contributed by atoms with Crippen molar-refractivity contribution in [3.8, 4) is 5.75 Å². The van der Waals surface area contributed by atoms with Crippen molar-refractivity contribution in [3.63, 3.8) is 0 Å². The van der Waals surface area contributed by atoms with E-state index >= 15 is 0 Å². The molecule has 132 valence electrons. The first kappa shape index (κ1) is 17.3. The summed E-state index contributed by atoms with van der Waals surface area (Å²) in [5.41, 5.74) is 1.41. The molecule has 0 saturated heterocycles. The van der Waals surface area contributed by atoms with E-state index in [9.17, 15) is 13.2 Å². The van der Waals surface area contributed by atoms with Gasteiger partial charge in [-0.1, -0.05) is 29.8 Å². The van der Waals surface area contributed by atoms with Crippen molar-refractivity contribution in [2.45, 2.75) is 17.9 Å². The number of anilines is 1. The molecule has 2 aromatic carbocycles. The fraction of sp³-hybridized carbons (Fsp3) is 0.278. The Morgan fingerprint density at radius 1 is 1.12 bits per heavy atom. The maximum atomic E-state index is 13.1. The first-order valence-electron chi connectivity index (χ1n) is 7.87. The molecule has 0 unspecified atom stereocenters. The molecule has 6 nitrogen and oxygen atoms in total. The zero-order valence-electron chi connectivity index (χ0n) is 14.3. The Kier molecular flexibility index (Phi) is 4.43. The summed E-state index contributed by atoms with van der Waals surface area (Å²) >= 11 is 0. The summed E-state index contributed by atoms with van der Waals surface area (Å²) in [7, 11) is -0.570. The molecule has 0 saturated carbocycles. The molecule has 1 aliphatic heterocycles. The van der Waals surface area contributed by atoms with E-state index in [-0.39, 0.29) is 17.3 Å². The van der Waals surface area contributed by atoms with Gasteiger partial charge in [-0.05, 0) is 31.2 Å². The lowest BCUT2D eigenvalue weighted by Gasteiger charge is -2.35. The first-order valence-corrected chi connectivity index (χ1v) is 9.31. The van der Waals surface area contributed by atoms with Crippen molar-refractivity contribution in [1.82, 2.24) is 4.90 Å². The zero-order chi connectivity index (χ0) is 18.2. The number of rotatable bonds is 3. The highest BCUT2D eigenvalue weighted by molar-refractivity contribution is 7.92. The number of sulfonamides is 1. The minimum Gasteiger partial charge on any atom is -0.476 e. The van der Waals surface area contributed by atoms with Gasteiger partial charge in [0, 0.05) is 14.1 Å². The normalized spacial score (nSPS) is 16.8. The Labute approximate surface area is 147 Å². The van der Waals surface area contributed by atoms with Gasteiger partial charge in [0.1, 0.15) is 5.75 Å². The number of para-hydroxylation sites is 2. The predicted octanol–water partition coefficient (Wildman–Crippen LogP) is 2.04. The van der Waals surface area contributed by atoms with E-state index < -0.39 is 16.1 Å². The van der Waals surface area contributed by atoms with E-state index in [4.69, 9.17) is 4.74 Å². The molecular weight excluding hydrogens is 340 g/mol. The topological polar surface area (TPSA) is 66.9 Å². The van der Waals surface area contributed by atoms with E-state index in [2.05, 4.69) is 0 Å². The van der Waals surface area contributed by atoms with Gasteiger partial charge in [-0.15, -0.1) is 0 Å². The molecule has 25 heavy (non-hydrogen) atoms. The Bertz CT molecular complexity index is 892. The molecule has 0 aliphatic carbocycles. The molecule has 0 N–H and O–H groups in total. The standard InChI is InChI=1S/C18H20N2O4S/c1-13-8-10-14(11-9-13)25(22,23)20-12-17(18(21)19(2)3)24-16-7-5-4-6-15(16)20/h4-11,17H,12H2,1-3H3/t17-/m1/s1. The number of carbonyl (C=O) groups excluding carboxylic acids is 1. The second-order valence-corrected chi connectivity index (χ2v) is 8.02. The maximum Gasteiger partial charge on any atom is 0.265 e. The fourth-order valence-corrected chi connectivity index (χ4v) is 4.16. The summed E-state index contributed by atoms with van der Waals surface area (Å²) in [6, 6.07) is 13.5. The van der Waals surface area contributed by atoms with E-state index in [0.717, 1.165) is 5.56 Å². The lowest BCUT2D eigenvalue weighted by atomic mass is 10.2. The molecule has 1 heterocycles. The Balaban J connectivity index is 2.07. The third-order valence-corrected chi connectivity index (χ3v) is 5.85. The fourth-order valence-electron chi connectivity index (χ4n) is 2.68. The summed E-state index contributed by atoms with van der Waals surface area (Å²) < 4.78 is 33.3. The van der Waals surface area contributed by atoms with Gasteiger partial charge in [0.25, 0.3) is 15.9 Å². The molecule has 2 aromatic rings. The largest absolute Gasteiger partial charge is 0.476 e. The molecule has 1 amide bonds. The molecule has 0 spiro atoms. The van der Waals surface area contributed by atoms with Gasteiger partial charge in [-0.2, -0.15) is 0 Å². The van der Waals surface area contributed by atoms with Crippen LogP contribution < -0.4 is 9.04 Å². The third kappa shape index (κ3) is 3.19. The number of fused-ring (bicyclic) bond motifs is 1. The minimum absolute atomic E-state index is 0.0652. The third-order valence-electron chi connectivity index (χ3n) is 4.06. The van der Waals surface area contributed by atoms with Gasteiger partial charge in [-0.25, -0.2) is 8.42 Å². The Morgan fingerprint density at radius 3 is 2.40 bits per heavy atom. The average Bonchev–Trinajstić information content (AvgIpc) is 2.60. The number of carbonyl (C=O) groups is 1. The van der Waals surface area contributed by atoms with Gasteiger partial charge < -0.3 is 9.64 Å². The number of benzene rings is 2. The lowest BCUT2D eigenvalue weighted by Crippen LogP contribution is -2.50. The Morgan fingerprint density at radius 2 is 1.76 bits per heavy atom. The summed E-state index contributed by atoms with van der Waals surface area (Å²) in [5.74, 6) is 0.100. The van der Waals surface area contributed by atoms with Gasteiger partial charge in [-0.3, -0.25) is 9.10 Å². The van der Waals surface area contributed by atoms with Crippen LogP contribution in [0.25, 0.3) is 0 Å². The van der Waals surface area contributed by atoms with Crippen LogP contribution in [0.1, 0.15) is 5.56 Å². The number of likely N-dealkylation sites (N-methyl/N-ethyl adjacent to an activating group) is 1. The second kappa shape index (κ2) is 6.40. The zero-order valence-corrected chi connectivity index (χ0v) is 15.2. The van der Waals surface area contributed by atoms with Gasteiger partial charge in [0.15, 0.2) is 6.10 Å². The monoisotopic (exact) mass is 360 g/mol. The van der Waals surface area contributed by atoms with E-state index in [1.807, 2.05) is 6.92 Å². The van der Waals surface area contributed by atoms with Gasteiger partial charge in [0.2, 0.25) is 0 Å². The molecule has 1 aliphatic rings. The number of aryl methyl sites for hydroxylation is 1. The summed E-state index contributed by atoms with van der Waals surface area (Å²) in [4.78, 5) is 13.9. The maximum absolute atomic E-state index is 13.1. The van der Waals surface area contributed by atoms with Crippen LogP contribution >= 0.6 is 0 Å². The molecule has 7 heteroatoms. The van der Waals surface area contributed by atoms with E-state index in [0.29, 0.717) is 11.4 Å². The molecule has 3 rings (SSSR count). The Hall–Kier alpha value is -2.54. The minimum atomic E-state index is -3.80. The van der Waals surface area contributed by atoms with Crippen LogP contribution in [0.3, 0.4) is 0 Å². The van der Waals surface area contributed by atoms with Crippen LogP contribution in [0.5, 0.6) is 5.75 Å². The highest BCUT2D eigenvalue weighted by Gasteiger charge is 2.37. The lowest BCUT2D eigenvalue weighted by molar-refractivity contribution is -0.135. The number of nitrogens with zero attached hydrogens (tertiary/aromatic N) is 2. The highest BCUT2D eigenvalue weighted by Crippen LogP contribution is 2.37. The molecule has 1 atom stereocenters. The van der Waals surface area contributed by atoms with Crippen molar-refractivity contribution in [2.75, 3.05) is 24.9 Å². The molecule has 0 bridgehead atoms. The van der Waals surface area contributed by atoms with Crippen LogP contribution in [0.4, 0.5) is 5.69 Å². The van der Waals surface area contributed by atoms with Crippen LogP contribution in [-0.4, -0.2) is 46.0 Å². The summed E-state index contributed by atoms with van der Waals surface area (Å²) in [6.45, 7) is 1.83. The van der Waals surface area contributed by atoms with Crippen molar-refractivity contribution < 1.29 is 17.9 Å². The molecule has 0 aromatic heterocycles. The van der Waals surface area contributed by atoms with Crippen molar-refractivity contribution in [3.05, 3.63) is 54.1 Å². The van der Waals surface area contributed by atoms with Crippen LogP contribution in [0.15, 0.2) is 53.4 Å². The smallest absolute Gasteiger partial charge is 0.265 e. The number of amides is 1. The van der Waals surface area contributed by atoms with Crippen molar-refractivity contribution in [1.29, 1.82) is 0 Å². The first-order chi connectivity index (χ1) is 11.8. The summed E-state index contributed by atoms with van der Waals surface area (Å²) in [6.07, 6.45) is -0.884. The van der Waals surface area contributed by atoms with E-state index in [1.165, 1.54) is 9.21 Å². The predicted molar refractivity (Wildman–Crippen MR) is 95.3 cm³/mol. The quantitative estimate of drug-likeness (QED) is 0.840. The van der Waals surface area contributed by atoms with Crippen LogP contribution in [0.2, 0.25) is 0 Å². The molecule has 0 fully saturated rings. The SMILES string of the molecule is Cc1ccc(S(=O)(=O)N2C[C@H](C(=O)N(C)C)Oc3ccccc32)cc1.